The predicted molar refractivity (Wildman–Crippen MR) is 98.6 cm³/mol. The number of piperidine rings is 1. The second-order valence-corrected chi connectivity index (χ2v) is 7.12. The van der Waals surface area contributed by atoms with Gasteiger partial charge >= 0.3 is 0 Å². The van der Waals surface area contributed by atoms with Crippen molar-refractivity contribution in [1.29, 1.82) is 0 Å². The van der Waals surface area contributed by atoms with Crippen LogP contribution in [0.2, 0.25) is 0 Å². The first-order valence-corrected chi connectivity index (χ1v) is 9.38. The van der Waals surface area contributed by atoms with E-state index >= 15 is 0 Å². The zero-order valence-corrected chi connectivity index (χ0v) is 15.9. The van der Waals surface area contributed by atoms with Crippen LogP contribution in [0.5, 0.6) is 0 Å². The normalized spacial score (nSPS) is 23.3. The quantitative estimate of drug-likeness (QED) is 0.618. The van der Waals surface area contributed by atoms with Gasteiger partial charge in [0.15, 0.2) is 0 Å². The Morgan fingerprint density at radius 1 is 1.33 bits per heavy atom. The van der Waals surface area contributed by atoms with Crippen LogP contribution in [0.3, 0.4) is 0 Å². The maximum absolute atomic E-state index is 12.0. The van der Waals surface area contributed by atoms with Gasteiger partial charge in [0.05, 0.1) is 0 Å². The van der Waals surface area contributed by atoms with Crippen LogP contribution < -0.4 is 10.6 Å². The van der Waals surface area contributed by atoms with Gasteiger partial charge in [0.1, 0.15) is 0 Å². The van der Waals surface area contributed by atoms with Crippen molar-refractivity contribution in [2.45, 2.75) is 45.4 Å². The Morgan fingerprint density at radius 3 is 2.83 bits per heavy atom. The Hall–Kier alpha value is -0.360. The second kappa shape index (κ2) is 12.9. The van der Waals surface area contributed by atoms with Gasteiger partial charge in [-0.15, -0.1) is 12.4 Å². The van der Waals surface area contributed by atoms with Crippen molar-refractivity contribution in [3.63, 3.8) is 0 Å². The molecule has 2 rings (SSSR count). The highest BCUT2D eigenvalue weighted by molar-refractivity contribution is 5.85. The van der Waals surface area contributed by atoms with Crippen LogP contribution in [0.25, 0.3) is 0 Å². The maximum atomic E-state index is 12.0. The number of carbonyl (C=O) groups is 1. The number of rotatable bonds is 9. The molecule has 0 saturated carbocycles. The molecule has 0 aromatic heterocycles. The van der Waals surface area contributed by atoms with Gasteiger partial charge in [0.2, 0.25) is 5.91 Å². The van der Waals surface area contributed by atoms with Gasteiger partial charge in [-0.3, -0.25) is 4.79 Å². The SMILES string of the molecule is CC(CC(=O)NCCCOCC1CCOCC1)C1CCCNC1.Cl. The van der Waals surface area contributed by atoms with Gasteiger partial charge < -0.3 is 20.1 Å². The van der Waals surface area contributed by atoms with Gasteiger partial charge in [-0.25, -0.2) is 0 Å². The topological polar surface area (TPSA) is 59.6 Å². The summed E-state index contributed by atoms with van der Waals surface area (Å²) in [5, 5.41) is 6.46. The minimum atomic E-state index is 0. The third-order valence-electron chi connectivity index (χ3n) is 5.13. The van der Waals surface area contributed by atoms with Crippen LogP contribution in [-0.4, -0.2) is 52.0 Å². The molecule has 142 valence electrons. The van der Waals surface area contributed by atoms with Crippen LogP contribution in [0.1, 0.15) is 45.4 Å². The molecule has 6 heteroatoms. The highest BCUT2D eigenvalue weighted by atomic mass is 35.5. The highest BCUT2D eigenvalue weighted by Gasteiger charge is 2.21. The van der Waals surface area contributed by atoms with Crippen molar-refractivity contribution in [1.82, 2.24) is 10.6 Å². The summed E-state index contributed by atoms with van der Waals surface area (Å²) >= 11 is 0. The summed E-state index contributed by atoms with van der Waals surface area (Å²) in [5.74, 6) is 1.96. The van der Waals surface area contributed by atoms with Gasteiger partial charge in [0, 0.05) is 39.4 Å². The molecule has 2 atom stereocenters. The zero-order chi connectivity index (χ0) is 16.3. The first-order valence-electron chi connectivity index (χ1n) is 9.38. The molecule has 2 aliphatic heterocycles. The number of hydrogen-bond donors (Lipinski definition) is 2. The summed E-state index contributed by atoms with van der Waals surface area (Å²) in [7, 11) is 0. The van der Waals surface area contributed by atoms with Crippen molar-refractivity contribution in [3.8, 4) is 0 Å². The first kappa shape index (κ1) is 21.7. The Balaban J connectivity index is 0.00000288. The van der Waals surface area contributed by atoms with E-state index in [0.717, 1.165) is 65.3 Å². The van der Waals surface area contributed by atoms with Crippen molar-refractivity contribution >= 4 is 18.3 Å². The lowest BCUT2D eigenvalue weighted by Crippen LogP contribution is -2.35. The molecule has 2 heterocycles. The van der Waals surface area contributed by atoms with Crippen molar-refractivity contribution in [2.75, 3.05) is 46.1 Å². The molecule has 24 heavy (non-hydrogen) atoms. The molecular formula is C18H35ClN2O3. The van der Waals surface area contributed by atoms with E-state index in [9.17, 15) is 4.79 Å². The second-order valence-electron chi connectivity index (χ2n) is 7.12. The van der Waals surface area contributed by atoms with Crippen LogP contribution in [0.15, 0.2) is 0 Å². The highest BCUT2D eigenvalue weighted by Crippen LogP contribution is 2.22. The number of ether oxygens (including phenoxy) is 2. The Bertz CT molecular complexity index is 332. The lowest BCUT2D eigenvalue weighted by Gasteiger charge is -2.28. The van der Waals surface area contributed by atoms with E-state index in [-0.39, 0.29) is 18.3 Å². The molecule has 2 saturated heterocycles. The van der Waals surface area contributed by atoms with Gasteiger partial charge in [-0.2, -0.15) is 0 Å². The minimum Gasteiger partial charge on any atom is -0.381 e. The third kappa shape index (κ3) is 8.65. The van der Waals surface area contributed by atoms with E-state index in [1.165, 1.54) is 12.8 Å². The van der Waals surface area contributed by atoms with Gasteiger partial charge in [-0.1, -0.05) is 6.92 Å². The van der Waals surface area contributed by atoms with Crippen LogP contribution >= 0.6 is 12.4 Å². The van der Waals surface area contributed by atoms with E-state index in [2.05, 4.69) is 17.6 Å². The summed E-state index contributed by atoms with van der Waals surface area (Å²) < 4.78 is 11.1. The van der Waals surface area contributed by atoms with Crippen molar-refractivity contribution in [3.05, 3.63) is 0 Å². The fraction of sp³-hybridized carbons (Fsp3) is 0.944. The van der Waals surface area contributed by atoms with Crippen LogP contribution in [-0.2, 0) is 14.3 Å². The smallest absolute Gasteiger partial charge is 0.220 e. The average molecular weight is 363 g/mol. The number of nitrogens with one attached hydrogen (secondary N) is 2. The lowest BCUT2D eigenvalue weighted by atomic mass is 9.85. The Kier molecular flexibility index (Phi) is 11.7. The average Bonchev–Trinajstić information content (AvgIpc) is 2.59. The molecule has 0 aromatic rings. The van der Waals surface area contributed by atoms with Gasteiger partial charge in [0.25, 0.3) is 0 Å². The largest absolute Gasteiger partial charge is 0.381 e. The molecule has 0 spiro atoms. The summed E-state index contributed by atoms with van der Waals surface area (Å²) in [6.07, 6.45) is 6.27. The molecule has 2 aliphatic rings. The predicted octanol–water partition coefficient (Wildman–Crippen LogP) is 2.38. The molecule has 1 amide bonds. The van der Waals surface area contributed by atoms with Crippen molar-refractivity contribution in [2.24, 2.45) is 17.8 Å². The van der Waals surface area contributed by atoms with E-state index in [1.54, 1.807) is 0 Å². The summed E-state index contributed by atoms with van der Waals surface area (Å²) in [4.78, 5) is 12.0. The van der Waals surface area contributed by atoms with Crippen molar-refractivity contribution < 1.29 is 14.3 Å². The van der Waals surface area contributed by atoms with Crippen LogP contribution in [0.4, 0.5) is 0 Å². The molecule has 2 fully saturated rings. The molecule has 5 nitrogen and oxygen atoms in total. The minimum absolute atomic E-state index is 0. The standard InChI is InChI=1S/C18H34N2O3.ClH/c1-15(17-4-2-7-19-13-17)12-18(21)20-8-3-9-23-14-16-5-10-22-11-6-16;/h15-17,19H,2-14H2,1H3,(H,20,21);1H. The first-order chi connectivity index (χ1) is 11.3. The maximum Gasteiger partial charge on any atom is 0.220 e. The molecule has 0 bridgehead atoms. The molecular weight excluding hydrogens is 328 g/mol. The number of amides is 1. The third-order valence-corrected chi connectivity index (χ3v) is 5.13. The number of carbonyl (C=O) groups excluding carboxylic acids is 1. The molecule has 2 unspecified atom stereocenters. The Morgan fingerprint density at radius 2 is 2.12 bits per heavy atom. The number of halogens is 1. The van der Waals surface area contributed by atoms with Gasteiger partial charge in [-0.05, 0) is 62.9 Å². The summed E-state index contributed by atoms with van der Waals surface area (Å²) in [6, 6.07) is 0. The fourth-order valence-electron chi connectivity index (χ4n) is 3.46. The Labute approximate surface area is 153 Å². The zero-order valence-electron chi connectivity index (χ0n) is 15.1. The van der Waals surface area contributed by atoms with E-state index in [0.29, 0.717) is 24.2 Å². The van der Waals surface area contributed by atoms with E-state index in [1.807, 2.05) is 0 Å². The van der Waals surface area contributed by atoms with E-state index in [4.69, 9.17) is 9.47 Å². The summed E-state index contributed by atoms with van der Waals surface area (Å²) in [5.41, 5.74) is 0. The number of hydrogen-bond acceptors (Lipinski definition) is 4. The molecule has 0 radical (unpaired) electrons. The fourth-order valence-corrected chi connectivity index (χ4v) is 3.46. The van der Waals surface area contributed by atoms with Crippen LogP contribution in [0, 0.1) is 17.8 Å². The van der Waals surface area contributed by atoms with E-state index < -0.39 is 0 Å². The lowest BCUT2D eigenvalue weighted by molar-refractivity contribution is -0.122. The monoisotopic (exact) mass is 362 g/mol. The molecule has 2 N–H and O–H groups in total. The summed E-state index contributed by atoms with van der Waals surface area (Å²) in [6.45, 7) is 8.44. The molecule has 0 aromatic carbocycles. The molecule has 0 aliphatic carbocycles.